The molecular weight excluding hydrogens is 260 g/mol. The van der Waals surface area contributed by atoms with Crippen molar-refractivity contribution in [2.24, 2.45) is 11.5 Å². The molecule has 0 aliphatic rings. The highest BCUT2D eigenvalue weighted by Crippen LogP contribution is 2.16. The summed E-state index contributed by atoms with van der Waals surface area (Å²) < 4.78 is 10.1. The molecule has 5 N–H and O–H groups in total. The second-order valence-corrected chi connectivity index (χ2v) is 4.21. The van der Waals surface area contributed by atoms with E-state index in [1.54, 1.807) is 12.1 Å². The standard InChI is InChI=1S/C14H20N2O4/c1-2-14(18)20-9-11(17)8-19-12-5-3-10(4-6-12)13(16)7-15/h2-6,11,13,17H,1,7-9,15-16H2. The highest BCUT2D eigenvalue weighted by Gasteiger charge is 2.08. The topological polar surface area (TPSA) is 108 Å². The molecule has 20 heavy (non-hydrogen) atoms. The molecule has 0 heterocycles. The maximum Gasteiger partial charge on any atom is 0.330 e. The third kappa shape index (κ3) is 5.40. The van der Waals surface area contributed by atoms with Crippen LogP contribution in [0, 0.1) is 0 Å². The fraction of sp³-hybridized carbons (Fsp3) is 0.357. The largest absolute Gasteiger partial charge is 0.491 e. The van der Waals surface area contributed by atoms with Crippen molar-refractivity contribution in [3.63, 3.8) is 0 Å². The Morgan fingerprint density at radius 3 is 2.55 bits per heavy atom. The monoisotopic (exact) mass is 280 g/mol. The number of aliphatic hydroxyl groups excluding tert-OH is 1. The van der Waals surface area contributed by atoms with Crippen LogP contribution in [0.5, 0.6) is 5.75 Å². The molecule has 110 valence electrons. The Balaban J connectivity index is 2.37. The van der Waals surface area contributed by atoms with Crippen molar-refractivity contribution in [2.75, 3.05) is 19.8 Å². The molecule has 1 aromatic carbocycles. The number of carbonyl (C=O) groups excluding carboxylic acids is 1. The lowest BCUT2D eigenvalue weighted by Gasteiger charge is -2.13. The number of benzene rings is 1. The maximum atomic E-state index is 10.8. The summed E-state index contributed by atoms with van der Waals surface area (Å²) in [6.07, 6.45) is 0.136. The van der Waals surface area contributed by atoms with E-state index in [0.717, 1.165) is 11.6 Å². The van der Waals surface area contributed by atoms with Crippen LogP contribution in [0.15, 0.2) is 36.9 Å². The minimum Gasteiger partial charge on any atom is -0.491 e. The molecule has 0 amide bonds. The average Bonchev–Trinajstić information content (AvgIpc) is 2.50. The molecule has 6 heteroatoms. The summed E-state index contributed by atoms with van der Waals surface area (Å²) in [6.45, 7) is 3.51. The van der Waals surface area contributed by atoms with Crippen LogP contribution in [-0.2, 0) is 9.53 Å². The second kappa shape index (κ2) is 8.31. The third-order valence-electron chi connectivity index (χ3n) is 2.59. The third-order valence-corrected chi connectivity index (χ3v) is 2.59. The Labute approximate surface area is 118 Å². The predicted molar refractivity (Wildman–Crippen MR) is 75.1 cm³/mol. The summed E-state index contributed by atoms with van der Waals surface area (Å²) in [5, 5.41) is 9.56. The van der Waals surface area contributed by atoms with Gasteiger partial charge in [0.25, 0.3) is 0 Å². The molecule has 0 radical (unpaired) electrons. The first kappa shape index (κ1) is 16.2. The fourth-order valence-electron chi connectivity index (χ4n) is 1.43. The lowest BCUT2D eigenvalue weighted by molar-refractivity contribution is -0.141. The highest BCUT2D eigenvalue weighted by atomic mass is 16.5. The molecule has 0 saturated carbocycles. The van der Waals surface area contributed by atoms with Crippen molar-refractivity contribution in [3.8, 4) is 5.75 Å². The van der Waals surface area contributed by atoms with Crippen LogP contribution in [0.3, 0.4) is 0 Å². The van der Waals surface area contributed by atoms with Crippen LogP contribution in [-0.4, -0.2) is 36.9 Å². The molecule has 0 spiro atoms. The van der Waals surface area contributed by atoms with Crippen LogP contribution in [0.2, 0.25) is 0 Å². The number of carbonyl (C=O) groups is 1. The minimum absolute atomic E-state index is 0.0205. The molecule has 6 nitrogen and oxygen atoms in total. The molecule has 0 aliphatic carbocycles. The van der Waals surface area contributed by atoms with E-state index >= 15 is 0 Å². The van der Waals surface area contributed by atoms with Gasteiger partial charge in [-0.25, -0.2) is 4.79 Å². The van der Waals surface area contributed by atoms with Crippen molar-refractivity contribution in [1.29, 1.82) is 0 Å². The van der Waals surface area contributed by atoms with Gasteiger partial charge in [-0.05, 0) is 17.7 Å². The van der Waals surface area contributed by atoms with E-state index in [1.165, 1.54) is 0 Å². The normalized spacial score (nSPS) is 13.3. The number of nitrogens with two attached hydrogens (primary N) is 2. The lowest BCUT2D eigenvalue weighted by atomic mass is 10.1. The van der Waals surface area contributed by atoms with Crippen LogP contribution >= 0.6 is 0 Å². The van der Waals surface area contributed by atoms with Crippen molar-refractivity contribution < 1.29 is 19.4 Å². The van der Waals surface area contributed by atoms with Gasteiger partial charge in [-0.1, -0.05) is 18.7 Å². The van der Waals surface area contributed by atoms with E-state index in [2.05, 4.69) is 11.3 Å². The van der Waals surface area contributed by atoms with Gasteiger partial charge in [0.15, 0.2) is 0 Å². The van der Waals surface area contributed by atoms with E-state index in [9.17, 15) is 9.90 Å². The molecular formula is C14H20N2O4. The van der Waals surface area contributed by atoms with Crippen molar-refractivity contribution in [1.82, 2.24) is 0 Å². The molecule has 0 saturated heterocycles. The summed E-state index contributed by atoms with van der Waals surface area (Å²) in [7, 11) is 0. The first-order valence-electron chi connectivity index (χ1n) is 6.22. The average molecular weight is 280 g/mol. The fourth-order valence-corrected chi connectivity index (χ4v) is 1.43. The summed E-state index contributed by atoms with van der Waals surface area (Å²) in [5.74, 6) is 0.0104. The zero-order valence-corrected chi connectivity index (χ0v) is 11.2. The number of aliphatic hydroxyl groups is 1. The van der Waals surface area contributed by atoms with Gasteiger partial charge in [0.1, 0.15) is 25.1 Å². The first-order chi connectivity index (χ1) is 9.56. The molecule has 0 aromatic heterocycles. The van der Waals surface area contributed by atoms with Crippen LogP contribution in [0.25, 0.3) is 0 Å². The summed E-state index contributed by atoms with van der Waals surface area (Å²) >= 11 is 0. The minimum atomic E-state index is -0.898. The van der Waals surface area contributed by atoms with Gasteiger partial charge in [-0.3, -0.25) is 0 Å². The van der Waals surface area contributed by atoms with Crippen LogP contribution in [0.4, 0.5) is 0 Å². The Hall–Kier alpha value is -1.89. The van der Waals surface area contributed by atoms with Gasteiger partial charge < -0.3 is 26.0 Å². The lowest BCUT2D eigenvalue weighted by Crippen LogP contribution is -2.24. The predicted octanol–water partition coefficient (Wildman–Crippen LogP) is 0.114. The maximum absolute atomic E-state index is 10.8. The zero-order valence-electron chi connectivity index (χ0n) is 11.2. The number of esters is 1. The SMILES string of the molecule is C=CC(=O)OCC(O)COc1ccc(C(N)CN)cc1. The van der Waals surface area contributed by atoms with Crippen LogP contribution in [0.1, 0.15) is 11.6 Å². The molecule has 2 atom stereocenters. The summed E-state index contributed by atoms with van der Waals surface area (Å²) in [4.78, 5) is 10.8. The Kier molecular flexibility index (Phi) is 6.72. The van der Waals surface area contributed by atoms with Gasteiger partial charge >= 0.3 is 5.97 Å². The van der Waals surface area contributed by atoms with E-state index in [-0.39, 0.29) is 19.3 Å². The smallest absolute Gasteiger partial charge is 0.330 e. The van der Waals surface area contributed by atoms with Crippen molar-refractivity contribution in [2.45, 2.75) is 12.1 Å². The van der Waals surface area contributed by atoms with Crippen LogP contribution < -0.4 is 16.2 Å². The number of ether oxygens (including phenoxy) is 2. The van der Waals surface area contributed by atoms with Gasteiger partial charge in [0.05, 0.1) is 0 Å². The van der Waals surface area contributed by atoms with Crippen molar-refractivity contribution >= 4 is 5.97 Å². The van der Waals surface area contributed by atoms with E-state index < -0.39 is 12.1 Å². The molecule has 1 rings (SSSR count). The van der Waals surface area contributed by atoms with Gasteiger partial charge in [-0.15, -0.1) is 0 Å². The van der Waals surface area contributed by atoms with E-state index in [4.69, 9.17) is 16.2 Å². The first-order valence-corrected chi connectivity index (χ1v) is 6.22. The Morgan fingerprint density at radius 1 is 1.35 bits per heavy atom. The second-order valence-electron chi connectivity index (χ2n) is 4.21. The number of hydrogen-bond donors (Lipinski definition) is 3. The van der Waals surface area contributed by atoms with Crippen molar-refractivity contribution in [3.05, 3.63) is 42.5 Å². The van der Waals surface area contributed by atoms with Gasteiger partial charge in [-0.2, -0.15) is 0 Å². The number of hydrogen-bond acceptors (Lipinski definition) is 6. The quantitative estimate of drug-likeness (QED) is 0.461. The summed E-state index contributed by atoms with van der Waals surface area (Å²) in [5.41, 5.74) is 12.2. The highest BCUT2D eigenvalue weighted by molar-refractivity contribution is 5.81. The molecule has 0 aliphatic heterocycles. The Bertz CT molecular complexity index is 433. The summed E-state index contributed by atoms with van der Waals surface area (Å²) in [6, 6.07) is 6.92. The zero-order chi connectivity index (χ0) is 15.0. The molecule has 0 bridgehead atoms. The van der Waals surface area contributed by atoms with E-state index in [1.807, 2.05) is 12.1 Å². The number of rotatable bonds is 8. The Morgan fingerprint density at radius 2 is 2.00 bits per heavy atom. The van der Waals surface area contributed by atoms with Gasteiger partial charge in [0.2, 0.25) is 0 Å². The van der Waals surface area contributed by atoms with E-state index in [0.29, 0.717) is 12.3 Å². The molecule has 1 aromatic rings. The molecule has 0 fully saturated rings. The molecule has 2 unspecified atom stereocenters. The van der Waals surface area contributed by atoms with Gasteiger partial charge in [0, 0.05) is 18.7 Å².